The quantitative estimate of drug-likeness (QED) is 0.603. The number of aryl methyl sites for hydroxylation is 1. The number of ether oxygens (including phenoxy) is 2. The van der Waals surface area contributed by atoms with Crippen LogP contribution in [0, 0.1) is 6.92 Å². The number of aromatic nitrogens is 1. The number of hydrogen-bond donors (Lipinski definition) is 2. The van der Waals surface area contributed by atoms with E-state index < -0.39 is 22.9 Å². The van der Waals surface area contributed by atoms with Gasteiger partial charge in [0, 0.05) is 23.0 Å². The van der Waals surface area contributed by atoms with Crippen molar-refractivity contribution in [2.24, 2.45) is 5.73 Å². The number of furan rings is 1. The number of amides is 1. The third-order valence-electron chi connectivity index (χ3n) is 5.89. The molecule has 1 unspecified atom stereocenters. The topological polar surface area (TPSA) is 126 Å². The number of methoxy groups -OCH3 is 1. The second-order valence-corrected chi connectivity index (χ2v) is 7.58. The summed E-state index contributed by atoms with van der Waals surface area (Å²) in [5, 5.41) is 2.78. The number of carbonyl (C=O) groups excluding carboxylic acids is 2. The van der Waals surface area contributed by atoms with Gasteiger partial charge in [0.2, 0.25) is 11.8 Å². The maximum atomic E-state index is 13.9. The lowest BCUT2D eigenvalue weighted by Crippen LogP contribution is -2.50. The van der Waals surface area contributed by atoms with Crippen molar-refractivity contribution >= 4 is 17.6 Å². The molecule has 0 saturated carbocycles. The fourth-order valence-electron chi connectivity index (χ4n) is 4.51. The molecule has 5 rings (SSSR count). The van der Waals surface area contributed by atoms with E-state index in [1.165, 1.54) is 17.9 Å². The van der Waals surface area contributed by atoms with Gasteiger partial charge in [0.25, 0.3) is 5.56 Å². The Kier molecular flexibility index (Phi) is 4.23. The van der Waals surface area contributed by atoms with Gasteiger partial charge in [-0.3, -0.25) is 9.59 Å². The molecule has 1 aromatic carbocycles. The van der Waals surface area contributed by atoms with Crippen LogP contribution in [-0.2, 0) is 26.3 Å². The number of rotatable bonds is 3. The van der Waals surface area contributed by atoms with Gasteiger partial charge < -0.3 is 29.5 Å². The molecule has 0 bridgehead atoms. The first-order valence-electron chi connectivity index (χ1n) is 9.84. The predicted octanol–water partition coefficient (Wildman–Crippen LogP) is 1.77. The van der Waals surface area contributed by atoms with Crippen LogP contribution in [0.15, 0.2) is 69.4 Å². The van der Waals surface area contributed by atoms with E-state index in [4.69, 9.17) is 19.6 Å². The van der Waals surface area contributed by atoms with Gasteiger partial charge in [-0.05, 0) is 25.1 Å². The zero-order valence-corrected chi connectivity index (χ0v) is 17.3. The van der Waals surface area contributed by atoms with E-state index in [0.717, 1.165) is 0 Å². The molecule has 2 aromatic heterocycles. The molecule has 32 heavy (non-hydrogen) atoms. The third kappa shape index (κ3) is 2.48. The summed E-state index contributed by atoms with van der Waals surface area (Å²) in [6.45, 7) is 1.87. The minimum absolute atomic E-state index is 0.00768. The number of carbonyl (C=O) groups is 2. The van der Waals surface area contributed by atoms with Crippen molar-refractivity contribution in [1.82, 2.24) is 4.57 Å². The highest BCUT2D eigenvalue weighted by Gasteiger charge is 2.60. The number of nitrogens with two attached hydrogens (primary N) is 1. The third-order valence-corrected chi connectivity index (χ3v) is 5.89. The predicted molar refractivity (Wildman–Crippen MR) is 113 cm³/mol. The van der Waals surface area contributed by atoms with Crippen molar-refractivity contribution in [2.45, 2.75) is 18.9 Å². The fourth-order valence-corrected chi connectivity index (χ4v) is 4.51. The van der Waals surface area contributed by atoms with Crippen molar-refractivity contribution < 1.29 is 23.5 Å². The number of esters is 1. The number of anilines is 1. The summed E-state index contributed by atoms with van der Waals surface area (Å²) < 4.78 is 17.5. The molecule has 2 aliphatic heterocycles. The highest BCUT2D eigenvalue weighted by atomic mass is 16.5. The van der Waals surface area contributed by atoms with Crippen LogP contribution < -0.4 is 21.3 Å². The lowest BCUT2D eigenvalue weighted by Gasteiger charge is -2.35. The Morgan fingerprint density at radius 1 is 1.22 bits per heavy atom. The van der Waals surface area contributed by atoms with Crippen molar-refractivity contribution in [3.05, 3.63) is 93.1 Å². The zero-order valence-electron chi connectivity index (χ0n) is 17.3. The summed E-state index contributed by atoms with van der Waals surface area (Å²) in [5.41, 5.74) is 5.04. The van der Waals surface area contributed by atoms with Gasteiger partial charge in [-0.15, -0.1) is 0 Å². The molecule has 0 fully saturated rings. The van der Waals surface area contributed by atoms with Gasteiger partial charge in [-0.25, -0.2) is 4.79 Å². The van der Waals surface area contributed by atoms with Gasteiger partial charge in [0.15, 0.2) is 0 Å². The molecular formula is C23H19N3O6. The fraction of sp³-hybridized carbons (Fsp3) is 0.174. The molecule has 3 aromatic rings. The Bertz CT molecular complexity index is 1370. The second-order valence-electron chi connectivity index (χ2n) is 7.58. The zero-order chi connectivity index (χ0) is 22.6. The molecule has 0 saturated heterocycles. The maximum absolute atomic E-state index is 13.9. The second kappa shape index (κ2) is 6.88. The number of nitrogens with one attached hydrogen (secondary N) is 1. The first-order chi connectivity index (χ1) is 15.4. The first kappa shape index (κ1) is 19.7. The molecule has 3 N–H and O–H groups in total. The standard InChI is InChI=1S/C23H19N3O6/c1-12-10-16-17(20(27)26(12)11-13-6-5-9-31-13)23(18(19(24)32-16)21(28)30-2)14-7-3-4-8-15(14)25-22(23)29/h3-10H,11,24H2,1-2H3,(H,25,29). The van der Waals surface area contributed by atoms with Crippen LogP contribution in [0.2, 0.25) is 0 Å². The number of fused-ring (bicyclic) bond motifs is 4. The minimum atomic E-state index is -1.82. The summed E-state index contributed by atoms with van der Waals surface area (Å²) in [6.07, 6.45) is 1.51. The average Bonchev–Trinajstić information content (AvgIpc) is 3.37. The lowest BCUT2D eigenvalue weighted by atomic mass is 9.68. The highest BCUT2D eigenvalue weighted by Crippen LogP contribution is 2.52. The molecular weight excluding hydrogens is 414 g/mol. The van der Waals surface area contributed by atoms with Gasteiger partial charge in [0.05, 0.1) is 25.5 Å². The van der Waals surface area contributed by atoms with Crippen LogP contribution >= 0.6 is 0 Å². The van der Waals surface area contributed by atoms with Gasteiger partial charge >= 0.3 is 5.97 Å². The minimum Gasteiger partial charge on any atom is -0.467 e. The summed E-state index contributed by atoms with van der Waals surface area (Å²) >= 11 is 0. The Labute approximate surface area is 182 Å². The largest absolute Gasteiger partial charge is 0.467 e. The van der Waals surface area contributed by atoms with Crippen LogP contribution in [0.5, 0.6) is 5.75 Å². The van der Waals surface area contributed by atoms with Gasteiger partial charge in [0.1, 0.15) is 22.5 Å². The van der Waals surface area contributed by atoms with Crippen molar-refractivity contribution in [1.29, 1.82) is 0 Å². The first-order valence-corrected chi connectivity index (χ1v) is 9.84. The Morgan fingerprint density at radius 3 is 2.72 bits per heavy atom. The molecule has 162 valence electrons. The van der Waals surface area contributed by atoms with E-state index in [1.807, 2.05) is 0 Å². The SMILES string of the molecule is COC(=O)C1=C(N)Oc2cc(C)n(Cc3ccco3)c(=O)c2C12C(=O)Nc1ccccc12. The molecule has 1 atom stereocenters. The number of hydrogen-bond acceptors (Lipinski definition) is 7. The van der Waals surface area contributed by atoms with Crippen LogP contribution in [-0.4, -0.2) is 23.6 Å². The molecule has 0 radical (unpaired) electrons. The summed E-state index contributed by atoms with van der Waals surface area (Å²) in [7, 11) is 1.18. The van der Waals surface area contributed by atoms with Crippen molar-refractivity contribution in [3.63, 3.8) is 0 Å². The van der Waals surface area contributed by atoms with E-state index in [2.05, 4.69) is 5.32 Å². The van der Waals surface area contributed by atoms with Crippen molar-refractivity contribution in [2.75, 3.05) is 12.4 Å². The Morgan fingerprint density at radius 2 is 2.00 bits per heavy atom. The summed E-state index contributed by atoms with van der Waals surface area (Å²) in [4.78, 5) is 40.3. The van der Waals surface area contributed by atoms with Gasteiger partial charge in [-0.1, -0.05) is 18.2 Å². The summed E-state index contributed by atoms with van der Waals surface area (Å²) in [6, 6.07) is 11.9. The van der Waals surface area contributed by atoms with Crippen LogP contribution in [0.4, 0.5) is 5.69 Å². The van der Waals surface area contributed by atoms with Crippen LogP contribution in [0.3, 0.4) is 0 Å². The number of para-hydroxylation sites is 1. The number of pyridine rings is 1. The molecule has 1 spiro atoms. The molecule has 9 heteroatoms. The van der Waals surface area contributed by atoms with E-state index in [-0.39, 0.29) is 29.3 Å². The normalized spacial score (nSPS) is 18.8. The molecule has 1 amide bonds. The summed E-state index contributed by atoms with van der Waals surface area (Å²) in [5.74, 6) is -1.07. The maximum Gasteiger partial charge on any atom is 0.340 e. The molecule has 9 nitrogen and oxygen atoms in total. The van der Waals surface area contributed by atoms with Crippen LogP contribution in [0.25, 0.3) is 0 Å². The lowest BCUT2D eigenvalue weighted by molar-refractivity contribution is -0.138. The smallest absolute Gasteiger partial charge is 0.340 e. The van der Waals surface area contributed by atoms with Crippen molar-refractivity contribution in [3.8, 4) is 5.75 Å². The van der Waals surface area contributed by atoms with Crippen LogP contribution in [0.1, 0.15) is 22.6 Å². The van der Waals surface area contributed by atoms with E-state index >= 15 is 0 Å². The molecule has 2 aliphatic rings. The number of benzene rings is 1. The average molecular weight is 433 g/mol. The monoisotopic (exact) mass is 433 g/mol. The Hall–Kier alpha value is -4.27. The highest BCUT2D eigenvalue weighted by molar-refractivity contribution is 6.17. The Balaban J connectivity index is 1.88. The van der Waals surface area contributed by atoms with E-state index in [0.29, 0.717) is 22.7 Å². The van der Waals surface area contributed by atoms with E-state index in [9.17, 15) is 14.4 Å². The molecule has 0 aliphatic carbocycles. The number of nitrogens with zero attached hydrogens (tertiary/aromatic N) is 1. The van der Waals surface area contributed by atoms with E-state index in [1.54, 1.807) is 49.4 Å². The van der Waals surface area contributed by atoms with Gasteiger partial charge in [-0.2, -0.15) is 0 Å². The molecule has 4 heterocycles.